The number of rotatable bonds is 5. The first kappa shape index (κ1) is 23.1. The average Bonchev–Trinajstić information content (AvgIpc) is 3.20. The van der Waals surface area contributed by atoms with E-state index in [-0.39, 0.29) is 17.0 Å². The number of anilines is 1. The molecule has 1 amide bonds. The van der Waals surface area contributed by atoms with E-state index >= 15 is 0 Å². The van der Waals surface area contributed by atoms with E-state index in [1.165, 1.54) is 28.0 Å². The van der Waals surface area contributed by atoms with Gasteiger partial charge in [-0.15, -0.1) is 11.3 Å². The van der Waals surface area contributed by atoms with Crippen LogP contribution in [0, 0.1) is 13.8 Å². The van der Waals surface area contributed by atoms with E-state index in [1.807, 2.05) is 32.0 Å². The van der Waals surface area contributed by atoms with Crippen LogP contribution in [0.15, 0.2) is 63.9 Å². The average molecular weight is 490 g/mol. The molecule has 2 heterocycles. The maximum absolute atomic E-state index is 13.2. The lowest BCUT2D eigenvalue weighted by Gasteiger charge is -2.14. The molecule has 0 saturated heterocycles. The third-order valence-electron chi connectivity index (χ3n) is 4.72. The van der Waals surface area contributed by atoms with Crippen molar-refractivity contribution in [3.63, 3.8) is 0 Å². The van der Waals surface area contributed by atoms with Crippen LogP contribution in [0.5, 0.6) is 0 Å². The fraction of sp³-hybridized carbons (Fsp3) is 0.174. The third kappa shape index (κ3) is 5.12. The minimum Gasteiger partial charge on any atom is -0.325 e. The van der Waals surface area contributed by atoms with Crippen LogP contribution in [0.3, 0.4) is 0 Å². The van der Waals surface area contributed by atoms with E-state index in [4.69, 9.17) is 0 Å². The summed E-state index contributed by atoms with van der Waals surface area (Å²) in [4.78, 5) is 30.3. The van der Waals surface area contributed by atoms with Gasteiger partial charge in [0.2, 0.25) is 5.91 Å². The van der Waals surface area contributed by atoms with E-state index in [0.29, 0.717) is 21.1 Å². The number of thioether (sulfide) groups is 1. The maximum atomic E-state index is 13.2. The van der Waals surface area contributed by atoms with Crippen molar-refractivity contribution in [3.05, 3.63) is 81.0 Å². The number of hydrogen-bond donors (Lipinski definition) is 1. The first-order valence-corrected chi connectivity index (χ1v) is 11.7. The summed E-state index contributed by atoms with van der Waals surface area (Å²) in [6.07, 6.45) is -4.50. The number of aryl methyl sites for hydroxylation is 2. The quantitative estimate of drug-likeness (QED) is 0.284. The molecule has 0 aliphatic rings. The zero-order chi connectivity index (χ0) is 23.8. The first-order valence-electron chi connectivity index (χ1n) is 9.80. The highest BCUT2D eigenvalue weighted by Crippen LogP contribution is 2.31. The van der Waals surface area contributed by atoms with Crippen LogP contribution in [0.25, 0.3) is 15.9 Å². The minimum absolute atomic E-state index is 0.0448. The molecule has 0 aliphatic carbocycles. The fourth-order valence-corrected chi connectivity index (χ4v) is 4.97. The van der Waals surface area contributed by atoms with Gasteiger partial charge in [0.15, 0.2) is 5.16 Å². The van der Waals surface area contributed by atoms with Crippen LogP contribution < -0.4 is 10.9 Å². The summed E-state index contributed by atoms with van der Waals surface area (Å²) in [5.74, 6) is -0.644. The lowest BCUT2D eigenvalue weighted by Crippen LogP contribution is -2.22. The smallest absolute Gasteiger partial charge is 0.325 e. The van der Waals surface area contributed by atoms with E-state index in [0.717, 1.165) is 35.0 Å². The number of carbonyl (C=O) groups is 1. The Bertz CT molecular complexity index is 1390. The van der Waals surface area contributed by atoms with Gasteiger partial charge in [0, 0.05) is 5.69 Å². The molecule has 2 aromatic carbocycles. The molecule has 0 aliphatic heterocycles. The molecule has 4 aromatic rings. The Labute approximate surface area is 195 Å². The topological polar surface area (TPSA) is 64.0 Å². The van der Waals surface area contributed by atoms with Gasteiger partial charge in [0.05, 0.1) is 22.5 Å². The highest BCUT2D eigenvalue weighted by Gasteiger charge is 2.30. The van der Waals surface area contributed by atoms with E-state index in [1.54, 1.807) is 11.4 Å². The molecule has 0 fully saturated rings. The second kappa shape index (κ2) is 9.03. The number of halogens is 3. The van der Waals surface area contributed by atoms with Gasteiger partial charge in [-0.2, -0.15) is 13.2 Å². The van der Waals surface area contributed by atoms with Gasteiger partial charge >= 0.3 is 6.18 Å². The molecule has 2 aromatic heterocycles. The maximum Gasteiger partial charge on any atom is 0.416 e. The molecule has 5 nitrogen and oxygen atoms in total. The van der Waals surface area contributed by atoms with E-state index in [2.05, 4.69) is 10.3 Å². The van der Waals surface area contributed by atoms with Crippen molar-refractivity contribution in [1.29, 1.82) is 0 Å². The highest BCUT2D eigenvalue weighted by atomic mass is 32.2. The van der Waals surface area contributed by atoms with Crippen LogP contribution in [-0.2, 0) is 11.0 Å². The largest absolute Gasteiger partial charge is 0.416 e. The zero-order valence-electron chi connectivity index (χ0n) is 17.6. The Kier molecular flexibility index (Phi) is 6.31. The molecule has 170 valence electrons. The molecule has 0 radical (unpaired) electrons. The van der Waals surface area contributed by atoms with Crippen molar-refractivity contribution in [1.82, 2.24) is 9.55 Å². The third-order valence-corrected chi connectivity index (χ3v) is 6.55. The molecule has 4 rings (SSSR count). The predicted octanol–water partition coefficient (Wildman–Crippen LogP) is 5.81. The number of benzene rings is 2. The number of carbonyl (C=O) groups excluding carboxylic acids is 1. The summed E-state index contributed by atoms with van der Waals surface area (Å²) in [5, 5.41) is 4.58. The van der Waals surface area contributed by atoms with Crippen LogP contribution in [0.2, 0.25) is 0 Å². The van der Waals surface area contributed by atoms with Crippen LogP contribution in [0.4, 0.5) is 18.9 Å². The van der Waals surface area contributed by atoms with Crippen LogP contribution >= 0.6 is 23.1 Å². The molecular weight excluding hydrogens is 471 g/mol. The SMILES string of the molecule is Cc1cc(C)cc(-n2c(SCC(=O)Nc3cccc(C(F)(F)F)c3)nc3ccsc3c2=O)c1. The molecule has 0 atom stereocenters. The number of thiophene rings is 1. The van der Waals surface area contributed by atoms with Crippen molar-refractivity contribution in [2.24, 2.45) is 0 Å². The van der Waals surface area contributed by atoms with Gasteiger partial charge < -0.3 is 5.32 Å². The Balaban J connectivity index is 1.62. The molecule has 0 bridgehead atoms. The number of hydrogen-bond acceptors (Lipinski definition) is 5. The number of alkyl halides is 3. The monoisotopic (exact) mass is 489 g/mol. The van der Waals surface area contributed by atoms with Crippen LogP contribution in [-0.4, -0.2) is 21.2 Å². The number of amides is 1. The summed E-state index contributed by atoms with van der Waals surface area (Å²) < 4.78 is 40.7. The molecular formula is C23H18F3N3O2S2. The molecule has 0 unspecified atom stereocenters. The van der Waals surface area contributed by atoms with Gasteiger partial charge in [0.25, 0.3) is 5.56 Å². The summed E-state index contributed by atoms with van der Waals surface area (Å²) in [7, 11) is 0. The van der Waals surface area contributed by atoms with Crippen molar-refractivity contribution >= 4 is 44.9 Å². The lowest BCUT2D eigenvalue weighted by atomic mass is 10.1. The number of fused-ring (bicyclic) bond motifs is 1. The number of nitrogens with zero attached hydrogens (tertiary/aromatic N) is 2. The second-order valence-corrected chi connectivity index (χ2v) is 9.29. The van der Waals surface area contributed by atoms with Crippen molar-refractivity contribution in [2.45, 2.75) is 25.2 Å². The molecule has 33 heavy (non-hydrogen) atoms. The first-order chi connectivity index (χ1) is 15.6. The normalized spacial score (nSPS) is 11.7. The van der Waals surface area contributed by atoms with Crippen molar-refractivity contribution < 1.29 is 18.0 Å². The fourth-order valence-electron chi connectivity index (χ4n) is 3.40. The molecule has 1 N–H and O–H groups in total. The Morgan fingerprint density at radius 3 is 2.55 bits per heavy atom. The zero-order valence-corrected chi connectivity index (χ0v) is 19.2. The summed E-state index contributed by atoms with van der Waals surface area (Å²) >= 11 is 2.34. The standard InChI is InChI=1S/C23H18F3N3O2S2/c1-13-8-14(2)10-17(9-13)29-21(31)20-18(6-7-32-20)28-22(29)33-12-19(30)27-16-5-3-4-15(11-16)23(24,25)26/h3-11H,12H2,1-2H3,(H,27,30). The minimum atomic E-state index is -4.50. The van der Waals surface area contributed by atoms with Gasteiger partial charge in [-0.25, -0.2) is 4.98 Å². The number of aromatic nitrogens is 2. The van der Waals surface area contributed by atoms with Crippen molar-refractivity contribution in [3.8, 4) is 5.69 Å². The van der Waals surface area contributed by atoms with Gasteiger partial charge in [-0.1, -0.05) is 23.9 Å². The molecule has 10 heteroatoms. The second-order valence-electron chi connectivity index (χ2n) is 7.43. The predicted molar refractivity (Wildman–Crippen MR) is 125 cm³/mol. The Morgan fingerprint density at radius 1 is 1.12 bits per heavy atom. The molecule has 0 saturated carbocycles. The summed E-state index contributed by atoms with van der Waals surface area (Å²) in [6.45, 7) is 3.85. The molecule has 0 spiro atoms. The summed E-state index contributed by atoms with van der Waals surface area (Å²) in [6, 6.07) is 11.9. The Hall–Kier alpha value is -3.11. The van der Waals surface area contributed by atoms with Crippen molar-refractivity contribution in [2.75, 3.05) is 11.1 Å². The van der Waals surface area contributed by atoms with Gasteiger partial charge in [-0.05, 0) is 66.8 Å². The van der Waals surface area contributed by atoms with Gasteiger partial charge in [-0.3, -0.25) is 14.2 Å². The van der Waals surface area contributed by atoms with Crippen LogP contribution in [0.1, 0.15) is 16.7 Å². The number of nitrogens with one attached hydrogen (secondary N) is 1. The van der Waals surface area contributed by atoms with Gasteiger partial charge in [0.1, 0.15) is 4.70 Å². The Morgan fingerprint density at radius 2 is 1.85 bits per heavy atom. The highest BCUT2D eigenvalue weighted by molar-refractivity contribution is 7.99. The summed E-state index contributed by atoms with van der Waals surface area (Å²) in [5.41, 5.74) is 2.08. The van der Waals surface area contributed by atoms with E-state index < -0.39 is 17.6 Å². The van der Waals surface area contributed by atoms with E-state index in [9.17, 15) is 22.8 Å². The lowest BCUT2D eigenvalue weighted by molar-refractivity contribution is -0.137.